The van der Waals surface area contributed by atoms with Crippen LogP contribution in [0.2, 0.25) is 0 Å². The summed E-state index contributed by atoms with van der Waals surface area (Å²) in [7, 11) is 1.49. The molecule has 2 amide bonds. The zero-order valence-electron chi connectivity index (χ0n) is 18.6. The van der Waals surface area contributed by atoms with Crippen molar-refractivity contribution in [3.05, 3.63) is 53.8 Å². The fraction of sp³-hybridized carbons (Fsp3) is 0.417. The molecule has 1 aliphatic heterocycles. The van der Waals surface area contributed by atoms with Crippen molar-refractivity contribution in [3.8, 4) is 5.75 Å². The Kier molecular flexibility index (Phi) is 6.86. The van der Waals surface area contributed by atoms with Gasteiger partial charge in [0.15, 0.2) is 0 Å². The molecule has 1 aliphatic rings. The second-order valence-corrected chi connectivity index (χ2v) is 8.47. The highest BCUT2D eigenvalue weighted by Crippen LogP contribution is 2.31. The van der Waals surface area contributed by atoms with Crippen LogP contribution >= 0.6 is 0 Å². The molecule has 1 saturated heterocycles. The number of methoxy groups -OCH3 is 1. The summed E-state index contributed by atoms with van der Waals surface area (Å²) in [4.78, 5) is 24.4. The lowest BCUT2D eigenvalue weighted by Crippen LogP contribution is -2.44. The Morgan fingerprint density at radius 1 is 1.30 bits per heavy atom. The Morgan fingerprint density at radius 3 is 2.91 bits per heavy atom. The van der Waals surface area contributed by atoms with E-state index in [4.69, 9.17) is 4.74 Å². The lowest BCUT2D eigenvalue weighted by Gasteiger charge is -2.29. The number of nitrogens with one attached hydrogen (secondary N) is 2. The Labute approximate surface area is 191 Å². The van der Waals surface area contributed by atoms with Crippen LogP contribution in [0.15, 0.2) is 42.5 Å². The lowest BCUT2D eigenvalue weighted by molar-refractivity contribution is -0.122. The minimum absolute atomic E-state index is 0.0654. The molecule has 174 valence electrons. The van der Waals surface area contributed by atoms with E-state index in [0.717, 1.165) is 17.5 Å². The average Bonchev–Trinajstić information content (AvgIpc) is 3.40. The first-order chi connectivity index (χ1) is 16.0. The lowest BCUT2D eigenvalue weighted by atomic mass is 9.84. The summed E-state index contributed by atoms with van der Waals surface area (Å²) in [5.41, 5.74) is 1.69. The van der Waals surface area contributed by atoms with Crippen molar-refractivity contribution >= 4 is 22.8 Å². The van der Waals surface area contributed by atoms with Crippen molar-refractivity contribution in [2.24, 2.45) is 0 Å². The highest BCUT2D eigenvalue weighted by atomic mass is 19.1. The van der Waals surface area contributed by atoms with E-state index in [1.54, 1.807) is 12.1 Å². The molecule has 0 aliphatic carbocycles. The first-order valence-corrected chi connectivity index (χ1v) is 11.2. The maximum absolute atomic E-state index is 14.5. The van der Waals surface area contributed by atoms with Gasteiger partial charge in [0, 0.05) is 37.5 Å². The fourth-order valence-corrected chi connectivity index (χ4v) is 4.33. The van der Waals surface area contributed by atoms with Gasteiger partial charge in [-0.1, -0.05) is 23.4 Å². The molecule has 2 N–H and O–H groups in total. The predicted molar refractivity (Wildman–Crippen MR) is 121 cm³/mol. The highest BCUT2D eigenvalue weighted by molar-refractivity contribution is 5.80. The van der Waals surface area contributed by atoms with Gasteiger partial charge in [0.1, 0.15) is 17.1 Å². The van der Waals surface area contributed by atoms with Crippen LogP contribution in [0, 0.1) is 5.82 Å². The molecule has 0 bridgehead atoms. The molecular weight excluding hydrogens is 425 g/mol. The second kappa shape index (κ2) is 9.97. The van der Waals surface area contributed by atoms with Crippen LogP contribution in [0.5, 0.6) is 5.75 Å². The van der Waals surface area contributed by atoms with Crippen LogP contribution < -0.4 is 15.4 Å². The van der Waals surface area contributed by atoms with Gasteiger partial charge < -0.3 is 15.4 Å². The Hall–Kier alpha value is -3.49. The van der Waals surface area contributed by atoms with Crippen molar-refractivity contribution in [2.45, 2.75) is 50.6 Å². The fourth-order valence-electron chi connectivity index (χ4n) is 4.33. The van der Waals surface area contributed by atoms with E-state index in [-0.39, 0.29) is 24.1 Å². The molecule has 33 heavy (non-hydrogen) atoms. The number of hydrogen-bond acceptors (Lipinski definition) is 5. The molecule has 9 heteroatoms. The number of para-hydroxylation sites is 1. The number of rotatable bonds is 10. The van der Waals surface area contributed by atoms with Gasteiger partial charge in [0.25, 0.3) is 0 Å². The number of fused-ring (bicyclic) bond motifs is 1. The summed E-state index contributed by atoms with van der Waals surface area (Å²) in [5.74, 6) is -0.0856. The summed E-state index contributed by atoms with van der Waals surface area (Å²) >= 11 is 0. The van der Waals surface area contributed by atoms with Crippen molar-refractivity contribution in [1.82, 2.24) is 25.6 Å². The van der Waals surface area contributed by atoms with E-state index in [9.17, 15) is 14.0 Å². The monoisotopic (exact) mass is 453 g/mol. The largest absolute Gasteiger partial charge is 0.497 e. The first-order valence-electron chi connectivity index (χ1n) is 11.2. The van der Waals surface area contributed by atoms with Gasteiger partial charge >= 0.3 is 0 Å². The van der Waals surface area contributed by atoms with E-state index in [1.807, 2.05) is 28.9 Å². The van der Waals surface area contributed by atoms with Crippen LogP contribution in [0.1, 0.15) is 37.7 Å². The molecule has 1 fully saturated rings. The number of nitrogens with zero attached hydrogens (tertiary/aromatic N) is 3. The van der Waals surface area contributed by atoms with E-state index in [1.165, 1.54) is 13.2 Å². The number of aromatic nitrogens is 3. The topological polar surface area (TPSA) is 98.1 Å². The van der Waals surface area contributed by atoms with Crippen LogP contribution in [0.4, 0.5) is 4.39 Å². The van der Waals surface area contributed by atoms with E-state index in [0.29, 0.717) is 50.1 Å². The molecule has 3 aromatic rings. The van der Waals surface area contributed by atoms with Crippen LogP contribution in [-0.4, -0.2) is 46.0 Å². The number of benzene rings is 2. The third-order valence-electron chi connectivity index (χ3n) is 6.14. The van der Waals surface area contributed by atoms with Gasteiger partial charge in [-0.05, 0) is 49.4 Å². The number of ether oxygens (including phenoxy) is 1. The minimum atomic E-state index is -0.622. The summed E-state index contributed by atoms with van der Waals surface area (Å²) in [6.07, 6.45) is 2.71. The smallest absolute Gasteiger partial charge is 0.220 e. The zero-order valence-corrected chi connectivity index (χ0v) is 18.6. The number of aryl methyl sites for hydroxylation is 1. The molecule has 0 spiro atoms. The molecule has 0 unspecified atom stereocenters. The van der Waals surface area contributed by atoms with Crippen LogP contribution in [0.3, 0.4) is 0 Å². The maximum atomic E-state index is 14.5. The quantitative estimate of drug-likeness (QED) is 0.460. The van der Waals surface area contributed by atoms with Gasteiger partial charge in [0.05, 0.1) is 12.6 Å². The standard InChI is InChI=1S/C24H28FN5O3/c1-33-18-8-7-17(19(25)15-18)16-24(12-10-23(32)27-24)11-9-22(31)26-13-4-14-30-21-6-3-2-5-20(21)28-29-30/h2-3,5-8,15H,4,9-14,16H2,1H3,(H,26,31)(H,27,32)/t24-/m0/s1. The van der Waals surface area contributed by atoms with Gasteiger partial charge in [-0.15, -0.1) is 5.10 Å². The van der Waals surface area contributed by atoms with Crippen LogP contribution in [-0.2, 0) is 22.6 Å². The van der Waals surface area contributed by atoms with Gasteiger partial charge in [-0.25, -0.2) is 9.07 Å². The summed E-state index contributed by atoms with van der Waals surface area (Å²) in [5, 5.41) is 14.2. The molecular formula is C24H28FN5O3. The summed E-state index contributed by atoms with van der Waals surface area (Å²) in [6, 6.07) is 12.5. The highest BCUT2D eigenvalue weighted by Gasteiger charge is 2.38. The summed E-state index contributed by atoms with van der Waals surface area (Å²) in [6.45, 7) is 1.16. The molecule has 1 aromatic heterocycles. The molecule has 0 saturated carbocycles. The second-order valence-electron chi connectivity index (χ2n) is 8.47. The first kappa shape index (κ1) is 22.7. The van der Waals surface area contributed by atoms with Gasteiger partial charge in [0.2, 0.25) is 11.8 Å². The van der Waals surface area contributed by atoms with E-state index in [2.05, 4.69) is 20.9 Å². The molecule has 8 nitrogen and oxygen atoms in total. The SMILES string of the molecule is COc1ccc(C[C@]2(CCC(=O)NCCCn3nnc4ccccc43)CCC(=O)N2)c(F)c1. The number of halogens is 1. The number of hydrogen-bond donors (Lipinski definition) is 2. The van der Waals surface area contributed by atoms with Crippen molar-refractivity contribution in [1.29, 1.82) is 0 Å². The maximum Gasteiger partial charge on any atom is 0.220 e. The number of carbonyl (C=O) groups is 2. The third kappa shape index (κ3) is 5.47. The minimum Gasteiger partial charge on any atom is -0.497 e. The molecule has 2 aromatic carbocycles. The van der Waals surface area contributed by atoms with Crippen molar-refractivity contribution in [3.63, 3.8) is 0 Å². The number of amides is 2. The Bertz CT molecular complexity index is 1150. The normalized spacial score (nSPS) is 17.8. The predicted octanol–water partition coefficient (Wildman–Crippen LogP) is 2.76. The van der Waals surface area contributed by atoms with Gasteiger partial charge in [-0.2, -0.15) is 0 Å². The number of carbonyl (C=O) groups excluding carboxylic acids is 2. The summed E-state index contributed by atoms with van der Waals surface area (Å²) < 4.78 is 21.4. The van der Waals surface area contributed by atoms with Gasteiger partial charge in [-0.3, -0.25) is 9.59 Å². The van der Waals surface area contributed by atoms with E-state index < -0.39 is 5.54 Å². The molecule has 1 atom stereocenters. The third-order valence-corrected chi connectivity index (χ3v) is 6.14. The average molecular weight is 454 g/mol. The van der Waals surface area contributed by atoms with E-state index >= 15 is 0 Å². The molecule has 4 rings (SSSR count). The molecule has 0 radical (unpaired) electrons. The van der Waals surface area contributed by atoms with Crippen molar-refractivity contribution < 1.29 is 18.7 Å². The zero-order chi connectivity index (χ0) is 23.3. The Morgan fingerprint density at radius 2 is 2.15 bits per heavy atom. The molecule has 2 heterocycles. The van der Waals surface area contributed by atoms with Crippen LogP contribution in [0.25, 0.3) is 11.0 Å². The Balaban J connectivity index is 1.28. The van der Waals surface area contributed by atoms with Crippen molar-refractivity contribution in [2.75, 3.05) is 13.7 Å².